The van der Waals surface area contributed by atoms with Crippen molar-refractivity contribution in [3.63, 3.8) is 0 Å². The molecular formula is C22H18ClN3O2. The number of carbonyl (C=O) groups excluding carboxylic acids is 1. The maximum Gasteiger partial charge on any atom is 0.271 e. The Morgan fingerprint density at radius 3 is 2.68 bits per heavy atom. The highest BCUT2D eigenvalue weighted by Gasteiger charge is 2.11. The Morgan fingerprint density at radius 2 is 1.86 bits per heavy atom. The molecule has 2 heterocycles. The molecule has 0 spiro atoms. The van der Waals surface area contributed by atoms with E-state index in [1.807, 2.05) is 77.3 Å². The van der Waals surface area contributed by atoms with E-state index in [4.69, 9.17) is 16.3 Å². The lowest BCUT2D eigenvalue weighted by molar-refractivity contribution is 0.0942. The van der Waals surface area contributed by atoms with Gasteiger partial charge >= 0.3 is 0 Å². The van der Waals surface area contributed by atoms with E-state index in [1.165, 1.54) is 0 Å². The molecule has 0 atom stereocenters. The Bertz CT molecular complexity index is 1110. The van der Waals surface area contributed by atoms with E-state index in [0.717, 1.165) is 16.9 Å². The van der Waals surface area contributed by atoms with Gasteiger partial charge < -0.3 is 14.5 Å². The van der Waals surface area contributed by atoms with Crippen molar-refractivity contribution < 1.29 is 9.53 Å². The fourth-order valence-corrected chi connectivity index (χ4v) is 3.07. The van der Waals surface area contributed by atoms with E-state index >= 15 is 0 Å². The van der Waals surface area contributed by atoms with Crippen LogP contribution >= 0.6 is 11.6 Å². The molecule has 0 aliphatic carbocycles. The van der Waals surface area contributed by atoms with E-state index in [2.05, 4.69) is 10.3 Å². The second-order valence-electron chi connectivity index (χ2n) is 6.24. The standard InChI is InChI=1S/C22H18ClN3O2/c23-18-6-4-5-16(13-18)17-9-10-21-25-20(15-26(21)14-17)22(27)24-11-12-28-19-7-2-1-3-8-19/h1-10,13-15H,11-12H2,(H,24,27). The Morgan fingerprint density at radius 1 is 1.00 bits per heavy atom. The van der Waals surface area contributed by atoms with Crippen molar-refractivity contribution in [1.82, 2.24) is 14.7 Å². The number of halogens is 1. The summed E-state index contributed by atoms with van der Waals surface area (Å²) in [5.74, 6) is 0.544. The zero-order valence-electron chi connectivity index (χ0n) is 15.0. The van der Waals surface area contributed by atoms with Crippen LogP contribution in [0.15, 0.2) is 79.1 Å². The highest BCUT2D eigenvalue weighted by atomic mass is 35.5. The number of fused-ring (bicyclic) bond motifs is 1. The van der Waals surface area contributed by atoms with Gasteiger partial charge in [-0.15, -0.1) is 0 Å². The smallest absolute Gasteiger partial charge is 0.271 e. The summed E-state index contributed by atoms with van der Waals surface area (Å²) in [6.07, 6.45) is 3.65. The first-order valence-corrected chi connectivity index (χ1v) is 9.27. The van der Waals surface area contributed by atoms with E-state index in [0.29, 0.717) is 29.5 Å². The number of hydrogen-bond acceptors (Lipinski definition) is 3. The molecule has 0 saturated carbocycles. The molecule has 6 heteroatoms. The molecule has 0 bridgehead atoms. The van der Waals surface area contributed by atoms with Gasteiger partial charge in [-0.25, -0.2) is 4.98 Å². The molecule has 5 nitrogen and oxygen atoms in total. The van der Waals surface area contributed by atoms with Crippen LogP contribution in [0, 0.1) is 0 Å². The van der Waals surface area contributed by atoms with Gasteiger partial charge in [-0.05, 0) is 47.5 Å². The minimum atomic E-state index is -0.232. The Kier molecular flexibility index (Phi) is 5.26. The normalized spacial score (nSPS) is 10.8. The van der Waals surface area contributed by atoms with Crippen LogP contribution in [0.5, 0.6) is 5.75 Å². The van der Waals surface area contributed by atoms with Crippen LogP contribution in [-0.4, -0.2) is 28.4 Å². The Balaban J connectivity index is 1.41. The number of imidazole rings is 1. The molecule has 0 aliphatic rings. The van der Waals surface area contributed by atoms with Crippen molar-refractivity contribution in [3.05, 3.63) is 89.8 Å². The number of ether oxygens (including phenoxy) is 1. The van der Waals surface area contributed by atoms with Gasteiger partial charge in [0.05, 0.1) is 6.54 Å². The molecule has 4 rings (SSSR count). The summed E-state index contributed by atoms with van der Waals surface area (Å²) in [4.78, 5) is 16.8. The number of aromatic nitrogens is 2. The van der Waals surface area contributed by atoms with E-state index in [-0.39, 0.29) is 5.91 Å². The lowest BCUT2D eigenvalue weighted by atomic mass is 10.1. The van der Waals surface area contributed by atoms with Crippen LogP contribution < -0.4 is 10.1 Å². The summed E-state index contributed by atoms with van der Waals surface area (Å²) in [6, 6.07) is 21.0. The summed E-state index contributed by atoms with van der Waals surface area (Å²) < 4.78 is 7.41. The third-order valence-corrected chi connectivity index (χ3v) is 4.48. The Hall–Kier alpha value is -3.31. The summed E-state index contributed by atoms with van der Waals surface area (Å²) in [6.45, 7) is 0.789. The van der Waals surface area contributed by atoms with Crippen LogP contribution in [0.2, 0.25) is 5.02 Å². The van der Waals surface area contributed by atoms with Gasteiger partial charge in [0.15, 0.2) is 0 Å². The molecular weight excluding hydrogens is 374 g/mol. The Labute approximate surface area is 167 Å². The molecule has 0 unspecified atom stereocenters. The topological polar surface area (TPSA) is 55.6 Å². The fourth-order valence-electron chi connectivity index (χ4n) is 2.88. The maximum atomic E-state index is 12.4. The second-order valence-corrected chi connectivity index (χ2v) is 6.67. The van der Waals surface area contributed by atoms with Crippen molar-refractivity contribution in [1.29, 1.82) is 0 Å². The number of pyridine rings is 1. The first-order chi connectivity index (χ1) is 13.7. The minimum absolute atomic E-state index is 0.232. The lowest BCUT2D eigenvalue weighted by Gasteiger charge is -2.06. The van der Waals surface area contributed by atoms with Crippen LogP contribution in [0.25, 0.3) is 16.8 Å². The van der Waals surface area contributed by atoms with E-state index < -0.39 is 0 Å². The molecule has 140 valence electrons. The van der Waals surface area contributed by atoms with Crippen molar-refractivity contribution in [2.75, 3.05) is 13.2 Å². The molecule has 0 saturated heterocycles. The van der Waals surface area contributed by atoms with Crippen LogP contribution in [0.4, 0.5) is 0 Å². The molecule has 0 fully saturated rings. The monoisotopic (exact) mass is 391 g/mol. The molecule has 1 N–H and O–H groups in total. The molecule has 0 aliphatic heterocycles. The predicted molar refractivity (Wildman–Crippen MR) is 110 cm³/mol. The number of hydrogen-bond donors (Lipinski definition) is 1. The zero-order valence-corrected chi connectivity index (χ0v) is 15.8. The maximum absolute atomic E-state index is 12.4. The van der Waals surface area contributed by atoms with E-state index in [1.54, 1.807) is 6.20 Å². The average molecular weight is 392 g/mol. The molecule has 28 heavy (non-hydrogen) atoms. The number of benzene rings is 2. The molecule has 1 amide bonds. The van der Waals surface area contributed by atoms with Crippen LogP contribution in [-0.2, 0) is 0 Å². The summed E-state index contributed by atoms with van der Waals surface area (Å²) >= 11 is 6.08. The van der Waals surface area contributed by atoms with Gasteiger partial charge in [-0.2, -0.15) is 0 Å². The lowest BCUT2D eigenvalue weighted by Crippen LogP contribution is -2.28. The van der Waals surface area contributed by atoms with Crippen LogP contribution in [0.3, 0.4) is 0 Å². The summed E-state index contributed by atoms with van der Waals surface area (Å²) in [7, 11) is 0. The van der Waals surface area contributed by atoms with Gasteiger partial charge in [0.25, 0.3) is 5.91 Å². The van der Waals surface area contributed by atoms with Crippen molar-refractivity contribution in [2.24, 2.45) is 0 Å². The van der Waals surface area contributed by atoms with Gasteiger partial charge in [0, 0.05) is 17.4 Å². The first-order valence-electron chi connectivity index (χ1n) is 8.90. The highest BCUT2D eigenvalue weighted by Crippen LogP contribution is 2.23. The SMILES string of the molecule is O=C(NCCOc1ccccc1)c1cn2cc(-c3cccc(Cl)c3)ccc2n1. The number of carbonyl (C=O) groups is 1. The zero-order chi connectivity index (χ0) is 19.3. The quantitative estimate of drug-likeness (QED) is 0.493. The molecule has 2 aromatic carbocycles. The summed E-state index contributed by atoms with van der Waals surface area (Å²) in [5, 5.41) is 3.51. The molecule has 0 radical (unpaired) electrons. The number of nitrogens with zero attached hydrogens (tertiary/aromatic N) is 2. The number of nitrogens with one attached hydrogen (secondary N) is 1. The number of para-hydroxylation sites is 1. The summed E-state index contributed by atoms with van der Waals surface area (Å²) in [5.41, 5.74) is 3.07. The third kappa shape index (κ3) is 4.15. The average Bonchev–Trinajstić information content (AvgIpc) is 3.15. The van der Waals surface area contributed by atoms with Gasteiger partial charge in [0.2, 0.25) is 0 Å². The predicted octanol–water partition coefficient (Wildman–Crippen LogP) is 4.46. The minimum Gasteiger partial charge on any atom is -0.492 e. The number of amides is 1. The highest BCUT2D eigenvalue weighted by molar-refractivity contribution is 6.30. The van der Waals surface area contributed by atoms with Crippen molar-refractivity contribution >= 4 is 23.2 Å². The molecule has 2 aromatic heterocycles. The number of rotatable bonds is 6. The van der Waals surface area contributed by atoms with Crippen molar-refractivity contribution in [2.45, 2.75) is 0 Å². The van der Waals surface area contributed by atoms with E-state index in [9.17, 15) is 4.79 Å². The van der Waals surface area contributed by atoms with Gasteiger partial charge in [0.1, 0.15) is 23.7 Å². The molecule has 4 aromatic rings. The fraction of sp³-hybridized carbons (Fsp3) is 0.0909. The van der Waals surface area contributed by atoms with Gasteiger partial charge in [-0.3, -0.25) is 4.79 Å². The van der Waals surface area contributed by atoms with Gasteiger partial charge in [-0.1, -0.05) is 41.9 Å². The second kappa shape index (κ2) is 8.15. The largest absolute Gasteiger partial charge is 0.492 e. The first kappa shape index (κ1) is 18.1. The van der Waals surface area contributed by atoms with Crippen molar-refractivity contribution in [3.8, 4) is 16.9 Å². The van der Waals surface area contributed by atoms with Crippen LogP contribution in [0.1, 0.15) is 10.5 Å². The third-order valence-electron chi connectivity index (χ3n) is 4.24.